The number of hydrogen-bond acceptors (Lipinski definition) is 5. The first-order chi connectivity index (χ1) is 16.7. The molecule has 1 aliphatic heterocycles. The van der Waals surface area contributed by atoms with Crippen LogP contribution in [0.15, 0.2) is 54.7 Å². The number of alkyl halides is 3. The van der Waals surface area contributed by atoms with Crippen molar-refractivity contribution in [2.45, 2.75) is 38.0 Å². The lowest BCUT2D eigenvalue weighted by atomic mass is 9.91. The maximum absolute atomic E-state index is 13.7. The number of fused-ring (bicyclic) bond motifs is 1. The Morgan fingerprint density at radius 2 is 1.86 bits per heavy atom. The van der Waals surface area contributed by atoms with Gasteiger partial charge in [-0.05, 0) is 67.5 Å². The standard InChI is InChI=1S/C26H24F4N4O/c1-14-2-8-20(15-3-6-18(27)7-4-15)23(33-14)25(35)24-21-11-16(21)10-19(34-24)13-32-22-9-5-17(12-31-22)26(28,29)30/h2-9,12,16,19,21,24,34H,10-11,13H2,1H3,(H,31,32)/t16-,19-,21+,24?/m0/s1. The minimum Gasteiger partial charge on any atom is -0.369 e. The van der Waals surface area contributed by atoms with Gasteiger partial charge in [0.05, 0.1) is 11.6 Å². The van der Waals surface area contributed by atoms with E-state index in [9.17, 15) is 22.4 Å². The topological polar surface area (TPSA) is 66.9 Å². The number of piperidine rings is 1. The fourth-order valence-electron chi connectivity index (χ4n) is 4.82. The van der Waals surface area contributed by atoms with Gasteiger partial charge in [0.15, 0.2) is 5.78 Å². The molecule has 5 nitrogen and oxygen atoms in total. The number of aryl methyl sites for hydroxylation is 1. The average Bonchev–Trinajstić information content (AvgIpc) is 3.62. The van der Waals surface area contributed by atoms with Crippen LogP contribution < -0.4 is 10.6 Å². The second-order valence-corrected chi connectivity index (χ2v) is 9.27. The van der Waals surface area contributed by atoms with Gasteiger partial charge < -0.3 is 10.6 Å². The third kappa shape index (κ3) is 5.05. The molecule has 1 saturated heterocycles. The number of anilines is 1. The molecule has 182 valence electrons. The van der Waals surface area contributed by atoms with Crippen molar-refractivity contribution in [3.05, 3.63) is 77.5 Å². The number of halogens is 4. The molecule has 1 aromatic carbocycles. The van der Waals surface area contributed by atoms with Gasteiger partial charge in [-0.15, -0.1) is 0 Å². The normalized spacial score (nSPS) is 23.5. The molecule has 1 unspecified atom stereocenters. The molecule has 2 fully saturated rings. The third-order valence-electron chi connectivity index (χ3n) is 6.73. The molecule has 0 spiro atoms. The minimum atomic E-state index is -4.43. The quantitative estimate of drug-likeness (QED) is 0.369. The van der Waals surface area contributed by atoms with Gasteiger partial charge in [-0.1, -0.05) is 18.2 Å². The maximum Gasteiger partial charge on any atom is 0.417 e. The van der Waals surface area contributed by atoms with Crippen LogP contribution in [0, 0.1) is 24.6 Å². The Morgan fingerprint density at radius 3 is 2.54 bits per heavy atom. The number of ketones is 1. The molecular formula is C26H24F4N4O. The van der Waals surface area contributed by atoms with Gasteiger partial charge in [-0.2, -0.15) is 13.2 Å². The van der Waals surface area contributed by atoms with E-state index in [0.717, 1.165) is 30.7 Å². The highest BCUT2D eigenvalue weighted by atomic mass is 19.4. The number of carbonyl (C=O) groups excluding carboxylic acids is 1. The van der Waals surface area contributed by atoms with Crippen molar-refractivity contribution in [3.8, 4) is 11.1 Å². The van der Waals surface area contributed by atoms with E-state index >= 15 is 0 Å². The van der Waals surface area contributed by atoms with E-state index < -0.39 is 17.8 Å². The number of Topliss-reactive ketones (excluding diaryl/α,β-unsaturated/α-hetero) is 1. The zero-order chi connectivity index (χ0) is 24.7. The summed E-state index contributed by atoms with van der Waals surface area (Å²) in [6, 6.07) is 11.5. The molecule has 35 heavy (non-hydrogen) atoms. The Kier molecular flexibility index (Phi) is 6.04. The van der Waals surface area contributed by atoms with Crippen LogP contribution in [0.2, 0.25) is 0 Å². The molecule has 5 rings (SSSR count). The number of hydrogen-bond donors (Lipinski definition) is 2. The van der Waals surface area contributed by atoms with Crippen LogP contribution in [0.1, 0.15) is 34.6 Å². The number of aromatic nitrogens is 2. The number of rotatable bonds is 6. The van der Waals surface area contributed by atoms with Gasteiger partial charge in [-0.3, -0.25) is 4.79 Å². The number of nitrogens with one attached hydrogen (secondary N) is 2. The van der Waals surface area contributed by atoms with Gasteiger partial charge in [-0.25, -0.2) is 14.4 Å². The molecule has 1 saturated carbocycles. The number of nitrogens with zero attached hydrogens (tertiary/aromatic N) is 2. The Morgan fingerprint density at radius 1 is 1.09 bits per heavy atom. The van der Waals surface area contributed by atoms with E-state index in [4.69, 9.17) is 0 Å². The SMILES string of the molecule is Cc1ccc(-c2ccc(F)cc2)c(C(=O)C2N[C@H](CNc3ccc(C(F)(F)F)cn3)C[C@H]3C[C@@H]23)n1. The van der Waals surface area contributed by atoms with Crippen LogP contribution >= 0.6 is 0 Å². The lowest BCUT2D eigenvalue weighted by Gasteiger charge is -2.30. The van der Waals surface area contributed by atoms with E-state index in [1.54, 1.807) is 12.1 Å². The third-order valence-corrected chi connectivity index (χ3v) is 6.73. The van der Waals surface area contributed by atoms with Crippen LogP contribution in [-0.4, -0.2) is 34.4 Å². The second kappa shape index (κ2) is 9.03. The number of benzene rings is 1. The highest BCUT2D eigenvalue weighted by Crippen LogP contribution is 2.48. The van der Waals surface area contributed by atoms with Crippen molar-refractivity contribution in [2.75, 3.05) is 11.9 Å². The first kappa shape index (κ1) is 23.4. The van der Waals surface area contributed by atoms with Crippen molar-refractivity contribution < 1.29 is 22.4 Å². The van der Waals surface area contributed by atoms with Gasteiger partial charge in [0, 0.05) is 30.0 Å². The van der Waals surface area contributed by atoms with E-state index in [2.05, 4.69) is 20.6 Å². The van der Waals surface area contributed by atoms with Gasteiger partial charge in [0.1, 0.15) is 17.3 Å². The molecule has 2 aliphatic rings. The Hall–Kier alpha value is -3.33. The summed E-state index contributed by atoms with van der Waals surface area (Å²) in [5, 5.41) is 6.52. The minimum absolute atomic E-state index is 0.0455. The van der Waals surface area contributed by atoms with E-state index in [1.165, 1.54) is 18.2 Å². The smallest absolute Gasteiger partial charge is 0.369 e. The monoisotopic (exact) mass is 484 g/mol. The zero-order valence-corrected chi connectivity index (χ0v) is 18.9. The van der Waals surface area contributed by atoms with Crippen LogP contribution in [-0.2, 0) is 6.18 Å². The highest BCUT2D eigenvalue weighted by molar-refractivity contribution is 6.04. The van der Waals surface area contributed by atoms with Crippen LogP contribution in [0.5, 0.6) is 0 Å². The lowest BCUT2D eigenvalue weighted by molar-refractivity contribution is -0.137. The maximum atomic E-state index is 13.7. The number of carbonyl (C=O) groups is 1. The molecule has 9 heteroatoms. The highest BCUT2D eigenvalue weighted by Gasteiger charge is 2.51. The van der Waals surface area contributed by atoms with E-state index in [0.29, 0.717) is 35.2 Å². The molecule has 2 aromatic heterocycles. The van der Waals surface area contributed by atoms with Crippen molar-refractivity contribution in [1.29, 1.82) is 0 Å². The van der Waals surface area contributed by atoms with Crippen molar-refractivity contribution in [3.63, 3.8) is 0 Å². The molecule has 3 aromatic rings. The molecule has 0 bridgehead atoms. The zero-order valence-electron chi connectivity index (χ0n) is 18.9. The summed E-state index contributed by atoms with van der Waals surface area (Å²) in [6.07, 6.45) is -1.81. The lowest BCUT2D eigenvalue weighted by Crippen LogP contribution is -2.51. The van der Waals surface area contributed by atoms with Crippen molar-refractivity contribution in [1.82, 2.24) is 15.3 Å². The first-order valence-corrected chi connectivity index (χ1v) is 11.5. The molecule has 2 N–H and O–H groups in total. The first-order valence-electron chi connectivity index (χ1n) is 11.5. The molecule has 0 amide bonds. The summed E-state index contributed by atoms with van der Waals surface area (Å²) >= 11 is 0. The van der Waals surface area contributed by atoms with Gasteiger partial charge in [0.2, 0.25) is 0 Å². The number of pyridine rings is 2. The molecule has 4 atom stereocenters. The fraction of sp³-hybridized carbons (Fsp3) is 0.346. The van der Waals surface area contributed by atoms with Crippen molar-refractivity contribution in [2.24, 2.45) is 11.8 Å². The Labute approximate surface area is 200 Å². The summed E-state index contributed by atoms with van der Waals surface area (Å²) in [5.74, 6) is 0.537. The Bertz CT molecular complexity index is 1230. The van der Waals surface area contributed by atoms with Gasteiger partial charge in [0.25, 0.3) is 0 Å². The molecular weight excluding hydrogens is 460 g/mol. The van der Waals surface area contributed by atoms with Gasteiger partial charge >= 0.3 is 6.18 Å². The summed E-state index contributed by atoms with van der Waals surface area (Å²) in [5.41, 5.74) is 1.66. The summed E-state index contributed by atoms with van der Waals surface area (Å²) in [6.45, 7) is 2.25. The largest absolute Gasteiger partial charge is 0.417 e. The summed E-state index contributed by atoms with van der Waals surface area (Å²) < 4.78 is 51.7. The van der Waals surface area contributed by atoms with Crippen LogP contribution in [0.3, 0.4) is 0 Å². The average molecular weight is 484 g/mol. The summed E-state index contributed by atoms with van der Waals surface area (Å²) in [7, 11) is 0. The molecule has 0 radical (unpaired) electrons. The summed E-state index contributed by atoms with van der Waals surface area (Å²) in [4.78, 5) is 22.1. The predicted octanol–water partition coefficient (Wildman–Crippen LogP) is 5.27. The van der Waals surface area contributed by atoms with E-state index in [1.807, 2.05) is 19.1 Å². The molecule has 3 heterocycles. The Balaban J connectivity index is 1.31. The van der Waals surface area contributed by atoms with E-state index in [-0.39, 0.29) is 23.6 Å². The molecule has 1 aliphatic carbocycles. The second-order valence-electron chi connectivity index (χ2n) is 9.27. The fourth-order valence-corrected chi connectivity index (χ4v) is 4.82. The van der Waals surface area contributed by atoms with Crippen LogP contribution in [0.4, 0.5) is 23.4 Å². The predicted molar refractivity (Wildman–Crippen MR) is 123 cm³/mol. The van der Waals surface area contributed by atoms with Crippen LogP contribution in [0.25, 0.3) is 11.1 Å². The van der Waals surface area contributed by atoms with Crippen molar-refractivity contribution >= 4 is 11.6 Å².